The van der Waals surface area contributed by atoms with Crippen LogP contribution in [0.2, 0.25) is 5.02 Å². The van der Waals surface area contributed by atoms with Gasteiger partial charge in [0.1, 0.15) is 0 Å². The zero-order valence-electron chi connectivity index (χ0n) is 18.7. The van der Waals surface area contributed by atoms with Gasteiger partial charge in [-0.2, -0.15) is 0 Å². The number of aryl methyl sites for hydroxylation is 2. The van der Waals surface area contributed by atoms with Gasteiger partial charge in [-0.1, -0.05) is 24.6 Å². The van der Waals surface area contributed by atoms with Crippen molar-refractivity contribution in [1.82, 2.24) is 10.2 Å². The van der Waals surface area contributed by atoms with E-state index in [2.05, 4.69) is 15.5 Å². The van der Waals surface area contributed by atoms with E-state index in [1.807, 2.05) is 49.9 Å². The summed E-state index contributed by atoms with van der Waals surface area (Å²) in [5, 5.41) is 6.63. The molecule has 1 aliphatic heterocycles. The summed E-state index contributed by atoms with van der Waals surface area (Å²) in [4.78, 5) is 28.9. The molecule has 2 aromatic carbocycles. The molecule has 6 nitrogen and oxygen atoms in total. The highest BCUT2D eigenvalue weighted by atomic mass is 35.5. The lowest BCUT2D eigenvalue weighted by Crippen LogP contribution is -2.49. The van der Waals surface area contributed by atoms with E-state index in [-0.39, 0.29) is 16.9 Å². The summed E-state index contributed by atoms with van der Waals surface area (Å²) in [6.45, 7) is 8.77. The van der Waals surface area contributed by atoms with E-state index < -0.39 is 0 Å². The molecule has 0 bridgehead atoms. The van der Waals surface area contributed by atoms with Gasteiger partial charge in [-0.15, -0.1) is 0 Å². The molecule has 32 heavy (non-hydrogen) atoms. The first-order valence-corrected chi connectivity index (χ1v) is 11.6. The second-order valence-electron chi connectivity index (χ2n) is 7.99. The first-order chi connectivity index (χ1) is 15.3. The SMILES string of the molecule is CCCC(=O)N1CCN(c2ccc(Cl)cc2NC(=S)NC(=O)c2ccc(C)c(C)c2)CC1. The van der Waals surface area contributed by atoms with Crippen molar-refractivity contribution in [1.29, 1.82) is 0 Å². The molecule has 0 saturated carbocycles. The molecule has 2 N–H and O–H groups in total. The van der Waals surface area contributed by atoms with Crippen LogP contribution in [-0.2, 0) is 4.79 Å². The number of piperazine rings is 1. The molecule has 0 spiro atoms. The Kier molecular flexibility index (Phi) is 8.10. The number of carbonyl (C=O) groups excluding carboxylic acids is 2. The number of amides is 2. The Labute approximate surface area is 199 Å². The molecule has 1 aliphatic rings. The van der Waals surface area contributed by atoms with Gasteiger partial charge in [0, 0.05) is 43.2 Å². The number of benzene rings is 2. The molecule has 0 atom stereocenters. The topological polar surface area (TPSA) is 64.7 Å². The van der Waals surface area contributed by atoms with Crippen LogP contribution in [0.5, 0.6) is 0 Å². The van der Waals surface area contributed by atoms with E-state index in [0.29, 0.717) is 43.2 Å². The summed E-state index contributed by atoms with van der Waals surface area (Å²) < 4.78 is 0. The van der Waals surface area contributed by atoms with Crippen molar-refractivity contribution >= 4 is 52.1 Å². The smallest absolute Gasteiger partial charge is 0.257 e. The first-order valence-electron chi connectivity index (χ1n) is 10.8. The van der Waals surface area contributed by atoms with Crippen molar-refractivity contribution in [2.24, 2.45) is 0 Å². The third kappa shape index (κ3) is 5.99. The number of hydrogen-bond acceptors (Lipinski definition) is 4. The van der Waals surface area contributed by atoms with Gasteiger partial charge in [-0.05, 0) is 73.9 Å². The van der Waals surface area contributed by atoms with Crippen LogP contribution < -0.4 is 15.5 Å². The normalized spacial score (nSPS) is 13.6. The molecule has 3 rings (SSSR count). The van der Waals surface area contributed by atoms with Crippen LogP contribution >= 0.6 is 23.8 Å². The van der Waals surface area contributed by atoms with Gasteiger partial charge < -0.3 is 15.1 Å². The van der Waals surface area contributed by atoms with Crippen molar-refractivity contribution in [2.45, 2.75) is 33.6 Å². The number of halogens is 1. The van der Waals surface area contributed by atoms with Crippen molar-refractivity contribution in [3.05, 3.63) is 58.1 Å². The van der Waals surface area contributed by atoms with Crippen LogP contribution in [0.4, 0.5) is 11.4 Å². The Hall–Kier alpha value is -2.64. The van der Waals surface area contributed by atoms with E-state index in [0.717, 1.165) is 28.9 Å². The molecule has 1 saturated heterocycles. The predicted molar refractivity (Wildman–Crippen MR) is 135 cm³/mol. The van der Waals surface area contributed by atoms with E-state index in [1.54, 1.807) is 12.1 Å². The fraction of sp³-hybridized carbons (Fsp3) is 0.375. The van der Waals surface area contributed by atoms with Gasteiger partial charge in [0.15, 0.2) is 5.11 Å². The Morgan fingerprint density at radius 2 is 1.75 bits per heavy atom. The maximum absolute atomic E-state index is 12.6. The third-order valence-corrected chi connectivity index (χ3v) is 6.08. The minimum Gasteiger partial charge on any atom is -0.366 e. The molecule has 8 heteroatoms. The number of nitrogens with one attached hydrogen (secondary N) is 2. The van der Waals surface area contributed by atoms with E-state index in [9.17, 15) is 9.59 Å². The fourth-order valence-corrected chi connectivity index (χ4v) is 4.04. The monoisotopic (exact) mass is 472 g/mol. The molecule has 170 valence electrons. The molecule has 1 heterocycles. The van der Waals surface area contributed by atoms with Crippen LogP contribution in [0, 0.1) is 13.8 Å². The number of anilines is 2. The van der Waals surface area contributed by atoms with E-state index in [1.165, 1.54) is 0 Å². The van der Waals surface area contributed by atoms with E-state index in [4.69, 9.17) is 23.8 Å². The Morgan fingerprint density at radius 3 is 2.41 bits per heavy atom. The molecule has 0 aliphatic carbocycles. The molecule has 0 unspecified atom stereocenters. The second kappa shape index (κ2) is 10.8. The summed E-state index contributed by atoms with van der Waals surface area (Å²) in [6.07, 6.45) is 1.44. The van der Waals surface area contributed by atoms with Crippen LogP contribution in [0.1, 0.15) is 41.3 Å². The molecule has 2 aromatic rings. The highest BCUT2D eigenvalue weighted by molar-refractivity contribution is 7.80. The number of carbonyl (C=O) groups is 2. The average Bonchev–Trinajstić information content (AvgIpc) is 2.76. The lowest BCUT2D eigenvalue weighted by molar-refractivity contribution is -0.131. The minimum atomic E-state index is -0.266. The highest BCUT2D eigenvalue weighted by Gasteiger charge is 2.22. The van der Waals surface area contributed by atoms with E-state index >= 15 is 0 Å². The van der Waals surface area contributed by atoms with Crippen molar-refractivity contribution in [2.75, 3.05) is 36.4 Å². The van der Waals surface area contributed by atoms with Gasteiger partial charge in [0.25, 0.3) is 5.91 Å². The van der Waals surface area contributed by atoms with Crippen LogP contribution in [-0.4, -0.2) is 48.0 Å². The Morgan fingerprint density at radius 1 is 1.03 bits per heavy atom. The molecule has 0 aromatic heterocycles. The Bertz CT molecular complexity index is 1020. The van der Waals surface area contributed by atoms with Gasteiger partial charge in [0.05, 0.1) is 11.4 Å². The maximum atomic E-state index is 12.6. The van der Waals surface area contributed by atoms with Crippen LogP contribution in [0.25, 0.3) is 0 Å². The predicted octanol–water partition coefficient (Wildman–Crippen LogP) is 4.53. The van der Waals surface area contributed by atoms with Gasteiger partial charge in [-0.3, -0.25) is 14.9 Å². The molecular formula is C24H29ClN4O2S. The summed E-state index contributed by atoms with van der Waals surface area (Å²) in [5.74, 6) is -0.0610. The highest BCUT2D eigenvalue weighted by Crippen LogP contribution is 2.30. The van der Waals surface area contributed by atoms with Crippen molar-refractivity contribution in [3.63, 3.8) is 0 Å². The maximum Gasteiger partial charge on any atom is 0.257 e. The fourth-order valence-electron chi connectivity index (χ4n) is 3.66. The number of nitrogens with zero attached hydrogens (tertiary/aromatic N) is 2. The second-order valence-corrected chi connectivity index (χ2v) is 8.83. The van der Waals surface area contributed by atoms with Crippen molar-refractivity contribution < 1.29 is 9.59 Å². The van der Waals surface area contributed by atoms with Gasteiger partial charge in [0.2, 0.25) is 5.91 Å². The third-order valence-electron chi connectivity index (χ3n) is 5.64. The number of rotatable bonds is 5. The minimum absolute atomic E-state index is 0.202. The van der Waals surface area contributed by atoms with Gasteiger partial charge in [-0.25, -0.2) is 0 Å². The summed E-state index contributed by atoms with van der Waals surface area (Å²) >= 11 is 11.6. The lowest BCUT2D eigenvalue weighted by Gasteiger charge is -2.37. The van der Waals surface area contributed by atoms with Crippen molar-refractivity contribution in [3.8, 4) is 0 Å². The number of thiocarbonyl (C=S) groups is 1. The zero-order chi connectivity index (χ0) is 23.3. The quantitative estimate of drug-likeness (QED) is 0.626. The summed E-state index contributed by atoms with van der Waals surface area (Å²) in [7, 11) is 0. The molecule has 0 radical (unpaired) electrons. The summed E-state index contributed by atoms with van der Waals surface area (Å²) in [5.41, 5.74) is 4.37. The van der Waals surface area contributed by atoms with Crippen LogP contribution in [0.3, 0.4) is 0 Å². The molecule has 2 amide bonds. The molecule has 1 fully saturated rings. The average molecular weight is 473 g/mol. The zero-order valence-corrected chi connectivity index (χ0v) is 20.3. The Balaban J connectivity index is 1.67. The largest absolute Gasteiger partial charge is 0.366 e. The van der Waals surface area contributed by atoms with Gasteiger partial charge >= 0.3 is 0 Å². The van der Waals surface area contributed by atoms with Crippen LogP contribution in [0.15, 0.2) is 36.4 Å². The first kappa shape index (κ1) is 24.0. The lowest BCUT2D eigenvalue weighted by atomic mass is 10.1. The standard InChI is InChI=1S/C24H29ClN4O2S/c1-4-5-22(30)29-12-10-28(11-13-29)21-9-8-19(25)15-20(21)26-24(32)27-23(31)18-7-6-16(2)17(3)14-18/h6-9,14-15H,4-5,10-13H2,1-3H3,(H2,26,27,31,32). The molecular weight excluding hydrogens is 444 g/mol. The number of hydrogen-bond donors (Lipinski definition) is 2. The summed E-state index contributed by atoms with van der Waals surface area (Å²) in [6, 6.07) is 11.1.